The lowest BCUT2D eigenvalue weighted by molar-refractivity contribution is 0.311. The van der Waals surface area contributed by atoms with Crippen LogP contribution in [0.4, 0.5) is 10.2 Å². The highest BCUT2D eigenvalue weighted by Crippen LogP contribution is 2.40. The van der Waals surface area contributed by atoms with Crippen molar-refractivity contribution in [3.63, 3.8) is 0 Å². The van der Waals surface area contributed by atoms with E-state index in [9.17, 15) is 9.18 Å². The van der Waals surface area contributed by atoms with Gasteiger partial charge in [-0.1, -0.05) is 12.1 Å². The van der Waals surface area contributed by atoms with Crippen LogP contribution in [0.1, 0.15) is 30.0 Å². The number of hydrogen-bond donors (Lipinski definition) is 1. The zero-order valence-corrected chi connectivity index (χ0v) is 19.4. The first-order valence-corrected chi connectivity index (χ1v) is 11.9. The van der Waals surface area contributed by atoms with Gasteiger partial charge in [-0.2, -0.15) is 5.10 Å². The molecule has 0 radical (unpaired) electrons. The molecule has 0 unspecified atom stereocenters. The van der Waals surface area contributed by atoms with E-state index in [4.69, 9.17) is 4.98 Å². The van der Waals surface area contributed by atoms with Gasteiger partial charge < -0.3 is 15.1 Å². The lowest BCUT2D eigenvalue weighted by Gasteiger charge is -2.33. The van der Waals surface area contributed by atoms with Crippen LogP contribution in [-0.4, -0.2) is 70.5 Å². The molecule has 1 aliphatic heterocycles. The number of halogens is 1. The Kier molecular flexibility index (Phi) is 6.64. The third kappa shape index (κ3) is 5.15. The first kappa shape index (κ1) is 22.6. The van der Waals surface area contributed by atoms with Crippen molar-refractivity contribution in [3.05, 3.63) is 76.2 Å². The summed E-state index contributed by atoms with van der Waals surface area (Å²) in [6.07, 6.45) is 6.13. The molecular formula is C25H30FN7O. The van der Waals surface area contributed by atoms with Crippen molar-refractivity contribution in [1.29, 1.82) is 0 Å². The van der Waals surface area contributed by atoms with Gasteiger partial charge in [0.15, 0.2) is 11.6 Å². The minimum absolute atomic E-state index is 0.160. The van der Waals surface area contributed by atoms with Crippen LogP contribution in [0.25, 0.3) is 5.82 Å². The topological polar surface area (TPSA) is 79.2 Å². The molecule has 1 saturated carbocycles. The minimum Gasteiger partial charge on any atom is -0.349 e. The number of nitrogens with zero attached hydrogens (tertiary/aromatic N) is 6. The van der Waals surface area contributed by atoms with Crippen molar-refractivity contribution in [1.82, 2.24) is 30.0 Å². The van der Waals surface area contributed by atoms with Gasteiger partial charge in [-0.25, -0.2) is 9.37 Å². The van der Waals surface area contributed by atoms with E-state index in [0.717, 1.165) is 57.7 Å². The second-order valence-corrected chi connectivity index (χ2v) is 9.16. The first-order valence-electron chi connectivity index (χ1n) is 11.9. The van der Waals surface area contributed by atoms with E-state index in [1.165, 1.54) is 17.7 Å². The van der Waals surface area contributed by atoms with Gasteiger partial charge in [0.25, 0.3) is 5.56 Å². The van der Waals surface area contributed by atoms with Crippen molar-refractivity contribution in [3.8, 4) is 5.82 Å². The van der Waals surface area contributed by atoms with Gasteiger partial charge in [0.2, 0.25) is 0 Å². The van der Waals surface area contributed by atoms with Crippen molar-refractivity contribution in [2.45, 2.75) is 31.2 Å². The number of aromatic nitrogens is 4. The molecule has 5 rings (SSSR count). The Hall–Kier alpha value is -3.17. The Morgan fingerprint density at radius 3 is 2.65 bits per heavy atom. The summed E-state index contributed by atoms with van der Waals surface area (Å²) in [5.41, 5.74) is 1.90. The van der Waals surface area contributed by atoms with Gasteiger partial charge in [0, 0.05) is 50.5 Å². The molecule has 0 amide bonds. The van der Waals surface area contributed by atoms with Crippen LogP contribution >= 0.6 is 0 Å². The molecule has 9 heteroatoms. The zero-order valence-electron chi connectivity index (χ0n) is 19.4. The maximum Gasteiger partial charge on any atom is 0.299 e. The Balaban J connectivity index is 1.25. The van der Waals surface area contributed by atoms with Crippen molar-refractivity contribution in [2.24, 2.45) is 0 Å². The summed E-state index contributed by atoms with van der Waals surface area (Å²) in [5, 5.41) is 11.7. The normalized spacial score (nSPS) is 20.5. The first-order chi connectivity index (χ1) is 16.6. The maximum atomic E-state index is 13.3. The molecule has 0 spiro atoms. The van der Waals surface area contributed by atoms with Crippen LogP contribution < -0.4 is 15.8 Å². The van der Waals surface area contributed by atoms with Crippen LogP contribution in [0.5, 0.6) is 0 Å². The minimum atomic E-state index is -0.194. The molecule has 2 atom stereocenters. The quantitative estimate of drug-likeness (QED) is 0.512. The molecule has 2 aliphatic rings. The molecule has 2 fully saturated rings. The highest BCUT2D eigenvalue weighted by atomic mass is 19.1. The smallest absolute Gasteiger partial charge is 0.299 e. The van der Waals surface area contributed by atoms with E-state index >= 15 is 0 Å². The van der Waals surface area contributed by atoms with Crippen molar-refractivity contribution < 1.29 is 4.39 Å². The van der Waals surface area contributed by atoms with E-state index < -0.39 is 0 Å². The van der Waals surface area contributed by atoms with Gasteiger partial charge in [-0.3, -0.25) is 9.36 Å². The number of hydrogen-bond acceptors (Lipinski definition) is 7. The number of nitrogens with one attached hydrogen (secondary N) is 1. The standard InChI is InChI=1S/C25H30FN7O/c1-31-12-14-32(15-13-31)24-25(34)33(23-5-3-11-28-30-23)17-20(29-24)4-2-10-27-22-16-21(22)18-6-8-19(26)9-7-18/h3,5-9,11,17,21-22,27H,2,4,10,12-16H2,1H3/t21-,22+/m0/s1. The summed E-state index contributed by atoms with van der Waals surface area (Å²) >= 11 is 0. The highest BCUT2D eigenvalue weighted by molar-refractivity contribution is 5.40. The summed E-state index contributed by atoms with van der Waals surface area (Å²) in [5.74, 6) is 1.26. The third-order valence-corrected chi connectivity index (χ3v) is 6.65. The third-order valence-electron chi connectivity index (χ3n) is 6.65. The number of anilines is 1. The van der Waals surface area contributed by atoms with Crippen molar-refractivity contribution >= 4 is 5.82 Å². The van der Waals surface area contributed by atoms with E-state index in [1.807, 2.05) is 12.1 Å². The fourth-order valence-corrected chi connectivity index (χ4v) is 4.52. The SMILES string of the molecule is CN1CCN(c2nc(CCCN[C@@H]3C[C@H]3c3ccc(F)cc3)cn(-c3cccnn3)c2=O)CC1. The molecule has 3 heterocycles. The van der Waals surface area contributed by atoms with Crippen molar-refractivity contribution in [2.75, 3.05) is 44.7 Å². The number of aryl methyl sites for hydroxylation is 1. The predicted octanol–water partition coefficient (Wildman–Crippen LogP) is 1.99. The van der Waals surface area contributed by atoms with Crippen LogP contribution in [0.15, 0.2) is 53.6 Å². The second kappa shape index (κ2) is 9.99. The zero-order chi connectivity index (χ0) is 23.5. The number of benzene rings is 1. The Morgan fingerprint density at radius 2 is 1.91 bits per heavy atom. The molecule has 2 aromatic heterocycles. The van der Waals surface area contributed by atoms with Crippen LogP contribution in [0, 0.1) is 5.82 Å². The van der Waals surface area contributed by atoms with E-state index in [0.29, 0.717) is 23.6 Å². The summed E-state index contributed by atoms with van der Waals surface area (Å²) in [6, 6.07) is 10.8. The molecular weight excluding hydrogens is 433 g/mol. The molecule has 1 aliphatic carbocycles. The fraction of sp³-hybridized carbons (Fsp3) is 0.440. The van der Waals surface area contributed by atoms with Crippen LogP contribution in [-0.2, 0) is 6.42 Å². The second-order valence-electron chi connectivity index (χ2n) is 9.16. The molecule has 3 aromatic rings. The molecule has 1 aromatic carbocycles. The van der Waals surface area contributed by atoms with E-state index in [1.54, 1.807) is 29.1 Å². The molecule has 8 nitrogen and oxygen atoms in total. The molecule has 1 N–H and O–H groups in total. The van der Waals surface area contributed by atoms with Gasteiger partial charge >= 0.3 is 0 Å². The Labute approximate surface area is 198 Å². The summed E-state index contributed by atoms with van der Waals surface area (Å²) < 4.78 is 14.7. The average Bonchev–Trinajstić information content (AvgIpc) is 3.64. The molecule has 34 heavy (non-hydrogen) atoms. The summed E-state index contributed by atoms with van der Waals surface area (Å²) in [6.45, 7) is 4.21. The van der Waals surface area contributed by atoms with Gasteiger partial charge in [0.05, 0.1) is 5.69 Å². The van der Waals surface area contributed by atoms with E-state index in [2.05, 4.69) is 32.4 Å². The maximum absolute atomic E-state index is 13.3. The molecule has 178 valence electrons. The van der Waals surface area contributed by atoms with Gasteiger partial charge in [-0.15, -0.1) is 5.10 Å². The average molecular weight is 464 g/mol. The Morgan fingerprint density at radius 1 is 1.12 bits per heavy atom. The number of likely N-dealkylation sites (N-methyl/N-ethyl adjacent to an activating group) is 1. The highest BCUT2D eigenvalue weighted by Gasteiger charge is 2.37. The monoisotopic (exact) mass is 463 g/mol. The fourth-order valence-electron chi connectivity index (χ4n) is 4.52. The Bertz CT molecular complexity index is 1160. The van der Waals surface area contributed by atoms with Gasteiger partial charge in [-0.05, 0) is 62.7 Å². The van der Waals surface area contributed by atoms with Gasteiger partial charge in [0.1, 0.15) is 5.82 Å². The predicted molar refractivity (Wildman–Crippen MR) is 129 cm³/mol. The van der Waals surface area contributed by atoms with Crippen LogP contribution in [0.2, 0.25) is 0 Å². The molecule has 0 bridgehead atoms. The lowest BCUT2D eigenvalue weighted by atomic mass is 10.1. The summed E-state index contributed by atoms with van der Waals surface area (Å²) in [7, 11) is 2.09. The van der Waals surface area contributed by atoms with Crippen LogP contribution in [0.3, 0.4) is 0 Å². The number of piperazine rings is 1. The lowest BCUT2D eigenvalue weighted by Crippen LogP contribution is -2.47. The molecule has 1 saturated heterocycles. The van der Waals surface area contributed by atoms with E-state index in [-0.39, 0.29) is 11.4 Å². The largest absolute Gasteiger partial charge is 0.349 e. The number of rotatable bonds is 8. The summed E-state index contributed by atoms with van der Waals surface area (Å²) in [4.78, 5) is 22.4.